The van der Waals surface area contributed by atoms with E-state index in [9.17, 15) is 0 Å². The van der Waals surface area contributed by atoms with E-state index in [0.717, 1.165) is 17.1 Å². The first-order valence-corrected chi connectivity index (χ1v) is 8.36. The Balaban J connectivity index is 1.44. The smallest absolute Gasteiger partial charge is 0.241 e. The van der Waals surface area contributed by atoms with Gasteiger partial charge in [-0.25, -0.2) is 4.98 Å². The topological polar surface area (TPSA) is 67.9 Å². The number of hydrogen-bond donors (Lipinski definition) is 0. The van der Waals surface area contributed by atoms with Crippen molar-refractivity contribution in [2.24, 2.45) is 0 Å². The highest BCUT2D eigenvalue weighted by Gasteiger charge is 2.13. The van der Waals surface area contributed by atoms with Gasteiger partial charge in [-0.3, -0.25) is 9.88 Å². The second kappa shape index (κ2) is 6.46. The summed E-state index contributed by atoms with van der Waals surface area (Å²) in [4.78, 5) is 15.4. The molecule has 7 heteroatoms. The molecule has 0 saturated heterocycles. The number of benzene rings is 1. The van der Waals surface area contributed by atoms with Crippen LogP contribution in [0.5, 0.6) is 0 Å². The van der Waals surface area contributed by atoms with Gasteiger partial charge in [0.1, 0.15) is 10.7 Å². The van der Waals surface area contributed by atoms with Crippen LogP contribution in [0.2, 0.25) is 0 Å². The summed E-state index contributed by atoms with van der Waals surface area (Å²) in [5.74, 6) is 1.08. The first kappa shape index (κ1) is 14.9. The molecule has 3 aromatic heterocycles. The van der Waals surface area contributed by atoms with E-state index in [4.69, 9.17) is 4.52 Å². The lowest BCUT2D eigenvalue weighted by molar-refractivity contribution is 0.260. The molecule has 120 valence electrons. The zero-order valence-electron chi connectivity index (χ0n) is 13.1. The number of nitrogens with zero attached hydrogens (tertiary/aromatic N) is 5. The van der Waals surface area contributed by atoms with E-state index in [1.807, 2.05) is 43.4 Å². The van der Waals surface area contributed by atoms with Crippen LogP contribution in [0, 0.1) is 0 Å². The molecule has 0 aliphatic carbocycles. The zero-order valence-corrected chi connectivity index (χ0v) is 13.9. The van der Waals surface area contributed by atoms with Crippen molar-refractivity contribution < 1.29 is 4.52 Å². The van der Waals surface area contributed by atoms with Gasteiger partial charge >= 0.3 is 0 Å². The average Bonchev–Trinajstić information content (AvgIpc) is 3.21. The van der Waals surface area contributed by atoms with Crippen molar-refractivity contribution in [2.75, 3.05) is 7.05 Å². The second-order valence-corrected chi connectivity index (χ2v) is 6.59. The predicted molar refractivity (Wildman–Crippen MR) is 92.3 cm³/mol. The van der Waals surface area contributed by atoms with Crippen LogP contribution in [0.25, 0.3) is 21.7 Å². The molecule has 0 radical (unpaired) electrons. The minimum Gasteiger partial charge on any atom is -0.337 e. The van der Waals surface area contributed by atoms with Gasteiger partial charge in [-0.2, -0.15) is 4.98 Å². The van der Waals surface area contributed by atoms with Gasteiger partial charge in [0.25, 0.3) is 0 Å². The number of pyridine rings is 1. The molecule has 24 heavy (non-hydrogen) atoms. The molecular weight excluding hydrogens is 322 g/mol. The molecule has 0 atom stereocenters. The molecular formula is C17H15N5OS. The van der Waals surface area contributed by atoms with Crippen molar-refractivity contribution in [2.45, 2.75) is 13.1 Å². The summed E-state index contributed by atoms with van der Waals surface area (Å²) < 4.78 is 6.53. The van der Waals surface area contributed by atoms with Crippen LogP contribution in [0.4, 0.5) is 0 Å². The van der Waals surface area contributed by atoms with E-state index in [-0.39, 0.29) is 0 Å². The Morgan fingerprint density at radius 3 is 2.75 bits per heavy atom. The maximum Gasteiger partial charge on any atom is 0.241 e. The number of para-hydroxylation sites is 1. The third-order valence-corrected chi connectivity index (χ3v) is 4.53. The van der Waals surface area contributed by atoms with Crippen LogP contribution < -0.4 is 0 Å². The van der Waals surface area contributed by atoms with Gasteiger partial charge in [0, 0.05) is 6.20 Å². The van der Waals surface area contributed by atoms with Gasteiger partial charge in [-0.1, -0.05) is 23.4 Å². The van der Waals surface area contributed by atoms with Crippen molar-refractivity contribution in [1.29, 1.82) is 0 Å². The monoisotopic (exact) mass is 337 g/mol. The Bertz CT molecular complexity index is 917. The summed E-state index contributed by atoms with van der Waals surface area (Å²) in [7, 11) is 2.01. The molecule has 0 fully saturated rings. The van der Waals surface area contributed by atoms with E-state index >= 15 is 0 Å². The van der Waals surface area contributed by atoms with E-state index < -0.39 is 0 Å². The molecule has 6 nitrogen and oxygen atoms in total. The quantitative estimate of drug-likeness (QED) is 0.556. The highest BCUT2D eigenvalue weighted by atomic mass is 32.1. The van der Waals surface area contributed by atoms with Crippen LogP contribution in [-0.4, -0.2) is 32.1 Å². The third-order valence-electron chi connectivity index (χ3n) is 3.51. The minimum atomic E-state index is 0.513. The van der Waals surface area contributed by atoms with Gasteiger partial charge in [0.05, 0.1) is 23.3 Å². The summed E-state index contributed by atoms with van der Waals surface area (Å²) in [6, 6.07) is 13.8. The lowest BCUT2D eigenvalue weighted by Gasteiger charge is -2.11. The molecule has 0 amide bonds. The molecule has 1 aromatic carbocycles. The molecule has 4 rings (SSSR count). The van der Waals surface area contributed by atoms with Gasteiger partial charge in [-0.15, -0.1) is 11.3 Å². The SMILES string of the molecule is CN(Cc1nc(-c2ccccn2)no1)Cc1nc2ccccc2s1. The first-order valence-electron chi connectivity index (χ1n) is 7.55. The van der Waals surface area contributed by atoms with Crippen molar-refractivity contribution in [3.63, 3.8) is 0 Å². The lowest BCUT2D eigenvalue weighted by atomic mass is 10.3. The fourth-order valence-electron chi connectivity index (χ4n) is 2.42. The average molecular weight is 337 g/mol. The Labute approximate surface area is 142 Å². The first-order chi connectivity index (χ1) is 11.8. The molecule has 0 saturated carbocycles. The van der Waals surface area contributed by atoms with Crippen molar-refractivity contribution in [3.8, 4) is 11.5 Å². The summed E-state index contributed by atoms with van der Waals surface area (Å²) in [5.41, 5.74) is 1.75. The maximum atomic E-state index is 5.33. The summed E-state index contributed by atoms with van der Waals surface area (Å²) in [6.45, 7) is 1.30. The zero-order chi connectivity index (χ0) is 16.4. The number of thiazole rings is 1. The molecule has 0 spiro atoms. The Morgan fingerprint density at radius 1 is 1.04 bits per heavy atom. The number of aromatic nitrogens is 4. The van der Waals surface area contributed by atoms with Gasteiger partial charge < -0.3 is 4.52 Å². The maximum absolute atomic E-state index is 5.33. The van der Waals surface area contributed by atoms with Crippen LogP contribution in [0.3, 0.4) is 0 Å². The van der Waals surface area contributed by atoms with E-state index in [1.165, 1.54) is 4.70 Å². The van der Waals surface area contributed by atoms with Crippen molar-refractivity contribution in [1.82, 2.24) is 25.0 Å². The molecule has 4 aromatic rings. The lowest BCUT2D eigenvalue weighted by Crippen LogP contribution is -2.17. The molecule has 0 N–H and O–H groups in total. The van der Waals surface area contributed by atoms with Crippen molar-refractivity contribution in [3.05, 3.63) is 59.6 Å². The fourth-order valence-corrected chi connectivity index (χ4v) is 3.47. The second-order valence-electron chi connectivity index (χ2n) is 5.47. The highest BCUT2D eigenvalue weighted by Crippen LogP contribution is 2.22. The normalized spacial score (nSPS) is 11.4. The standard InChI is InChI=1S/C17H15N5OS/c1-22(11-16-19-12-6-2-3-8-14(12)24-16)10-15-20-17(21-23-15)13-7-4-5-9-18-13/h2-9H,10-11H2,1H3. The Kier molecular flexibility index (Phi) is 4.02. The number of rotatable bonds is 5. The largest absolute Gasteiger partial charge is 0.337 e. The molecule has 3 heterocycles. The minimum absolute atomic E-state index is 0.513. The van der Waals surface area contributed by atoms with Crippen molar-refractivity contribution >= 4 is 21.6 Å². The fraction of sp³-hybridized carbons (Fsp3) is 0.176. The van der Waals surface area contributed by atoms with Crippen LogP contribution in [0.15, 0.2) is 53.2 Å². The van der Waals surface area contributed by atoms with E-state index in [1.54, 1.807) is 17.5 Å². The molecule has 0 unspecified atom stereocenters. The third kappa shape index (κ3) is 3.17. The van der Waals surface area contributed by atoms with E-state index in [2.05, 4.69) is 31.1 Å². The summed E-state index contributed by atoms with van der Waals surface area (Å²) >= 11 is 1.71. The Hall–Kier alpha value is -2.64. The molecule has 0 bridgehead atoms. The number of fused-ring (bicyclic) bond motifs is 1. The van der Waals surface area contributed by atoms with Gasteiger partial charge in [0.2, 0.25) is 11.7 Å². The highest BCUT2D eigenvalue weighted by molar-refractivity contribution is 7.18. The summed E-state index contributed by atoms with van der Waals surface area (Å²) in [6.07, 6.45) is 1.71. The van der Waals surface area contributed by atoms with Gasteiger partial charge in [-0.05, 0) is 31.3 Å². The molecule has 0 aliphatic rings. The van der Waals surface area contributed by atoms with Gasteiger partial charge in [0.15, 0.2) is 0 Å². The molecule has 0 aliphatic heterocycles. The number of hydrogen-bond acceptors (Lipinski definition) is 7. The van der Waals surface area contributed by atoms with Crippen LogP contribution >= 0.6 is 11.3 Å². The van der Waals surface area contributed by atoms with Crippen LogP contribution in [0.1, 0.15) is 10.9 Å². The predicted octanol–water partition coefficient (Wildman–Crippen LogP) is 3.37. The summed E-state index contributed by atoms with van der Waals surface area (Å²) in [5, 5.41) is 5.07. The van der Waals surface area contributed by atoms with Crippen LogP contribution in [-0.2, 0) is 13.1 Å². The Morgan fingerprint density at radius 2 is 1.92 bits per heavy atom. The van der Waals surface area contributed by atoms with E-state index in [0.29, 0.717) is 24.0 Å².